The fourth-order valence-electron chi connectivity index (χ4n) is 1.72. The van der Waals surface area contributed by atoms with Crippen LogP contribution in [0.1, 0.15) is 24.2 Å². The van der Waals surface area contributed by atoms with Crippen LogP contribution in [0.25, 0.3) is 0 Å². The number of aromatic amines is 2. The van der Waals surface area contributed by atoms with Crippen molar-refractivity contribution in [3.8, 4) is 0 Å². The second kappa shape index (κ2) is 20.4. The van der Waals surface area contributed by atoms with Crippen molar-refractivity contribution in [2.24, 2.45) is 9.98 Å². The molecule has 0 spiro atoms. The van der Waals surface area contributed by atoms with Gasteiger partial charge in [-0.2, -0.15) is 0 Å². The summed E-state index contributed by atoms with van der Waals surface area (Å²) in [6.45, 7) is 3.58. The summed E-state index contributed by atoms with van der Waals surface area (Å²) in [5.41, 5.74) is 1.75. The molecule has 0 saturated carbocycles. The maximum absolute atomic E-state index is 8.25. The molecule has 0 aliphatic rings. The van der Waals surface area contributed by atoms with Crippen molar-refractivity contribution in [2.75, 3.05) is 26.2 Å². The summed E-state index contributed by atoms with van der Waals surface area (Å²) >= 11 is 0. The van der Waals surface area contributed by atoms with Gasteiger partial charge < -0.3 is 45.9 Å². The third-order valence-electron chi connectivity index (χ3n) is 2.77. The van der Waals surface area contributed by atoms with Crippen LogP contribution in [0.15, 0.2) is 35.0 Å². The summed E-state index contributed by atoms with van der Waals surface area (Å²) in [4.78, 5) is 39.0. The molecule has 16 heteroatoms. The Morgan fingerprint density at radius 2 is 1.23 bits per heavy atom. The van der Waals surface area contributed by atoms with E-state index in [1.807, 2.05) is 12.4 Å². The molecule has 0 saturated heterocycles. The van der Waals surface area contributed by atoms with Crippen molar-refractivity contribution in [2.45, 2.75) is 12.8 Å². The molecular weight excluding hydrogens is 454 g/mol. The Kier molecular flexibility index (Phi) is 19.6. The fraction of sp³-hybridized carbons (Fsp3) is 0.429. The molecule has 2 rings (SSSR count). The molecule has 2 aromatic rings. The molecule has 3 N–H and O–H groups in total. The zero-order chi connectivity index (χ0) is 21.7. The summed E-state index contributed by atoms with van der Waals surface area (Å²) in [5.74, 6) is 0. The number of hydrogen-bond acceptors (Lipinski definition) is 11. The Labute approximate surface area is 181 Å². The van der Waals surface area contributed by atoms with E-state index < -0.39 is 10.2 Å². The van der Waals surface area contributed by atoms with Crippen LogP contribution in [0.4, 0.5) is 0 Å². The molecule has 0 aromatic carbocycles. The van der Waals surface area contributed by atoms with Gasteiger partial charge in [0.25, 0.3) is 0 Å². The van der Waals surface area contributed by atoms with E-state index >= 15 is 0 Å². The van der Waals surface area contributed by atoms with Crippen molar-refractivity contribution in [3.05, 3.63) is 67.1 Å². The number of imidazole rings is 2. The van der Waals surface area contributed by atoms with Gasteiger partial charge in [-0.1, -0.05) is 0 Å². The van der Waals surface area contributed by atoms with Crippen LogP contribution in [0.2, 0.25) is 0 Å². The third kappa shape index (κ3) is 22.7. The van der Waals surface area contributed by atoms with Crippen molar-refractivity contribution in [1.82, 2.24) is 25.3 Å². The van der Waals surface area contributed by atoms with Crippen molar-refractivity contribution in [1.29, 1.82) is 0 Å². The van der Waals surface area contributed by atoms with Gasteiger partial charge >= 0.3 is 17.1 Å². The van der Waals surface area contributed by atoms with E-state index in [0.717, 1.165) is 50.4 Å². The van der Waals surface area contributed by atoms with Gasteiger partial charge in [0, 0.05) is 37.9 Å². The SMILES string of the molecule is C(=NCCCNCCCN=Cc1c[nH]cn1)c1c[nH]cn1.O=[N+]([O-])[O-].O=[N+]([O-])[O-].[Cu+2]. The number of nitrogens with zero attached hydrogens (tertiary/aromatic N) is 6. The molecule has 15 nitrogen and oxygen atoms in total. The first-order valence-electron chi connectivity index (χ1n) is 8.22. The van der Waals surface area contributed by atoms with E-state index in [0.29, 0.717) is 0 Å². The summed E-state index contributed by atoms with van der Waals surface area (Å²) < 4.78 is 0. The van der Waals surface area contributed by atoms with E-state index in [4.69, 9.17) is 30.6 Å². The molecule has 0 aliphatic carbocycles. The number of aliphatic imine (C=N–C) groups is 2. The Morgan fingerprint density at radius 1 is 0.867 bits per heavy atom. The van der Waals surface area contributed by atoms with Crippen molar-refractivity contribution < 1.29 is 27.2 Å². The number of nitrogens with one attached hydrogen (secondary N) is 3. The van der Waals surface area contributed by atoms with E-state index in [-0.39, 0.29) is 17.1 Å². The van der Waals surface area contributed by atoms with Crippen LogP contribution in [0.3, 0.4) is 0 Å². The van der Waals surface area contributed by atoms with Crippen LogP contribution >= 0.6 is 0 Å². The predicted octanol–water partition coefficient (Wildman–Crippen LogP) is 0.560. The fourth-order valence-corrected chi connectivity index (χ4v) is 1.72. The van der Waals surface area contributed by atoms with Crippen molar-refractivity contribution in [3.63, 3.8) is 0 Å². The first-order valence-corrected chi connectivity index (χ1v) is 8.22. The molecule has 0 amide bonds. The number of rotatable bonds is 10. The second-order valence-corrected chi connectivity index (χ2v) is 4.96. The summed E-state index contributed by atoms with van der Waals surface area (Å²) in [7, 11) is 0. The molecule has 0 aliphatic heterocycles. The maximum atomic E-state index is 8.25. The Bertz CT molecular complexity index is 641. The van der Waals surface area contributed by atoms with E-state index in [2.05, 4.69) is 35.2 Å². The van der Waals surface area contributed by atoms with Gasteiger partial charge in [0.15, 0.2) is 0 Å². The molecular formula is C14H21CuN9O6. The van der Waals surface area contributed by atoms with Gasteiger partial charge in [0.2, 0.25) is 0 Å². The minimum atomic E-state index is -1.75. The number of H-pyrrole nitrogens is 2. The summed E-state index contributed by atoms with van der Waals surface area (Å²) in [6, 6.07) is 0. The van der Waals surface area contributed by atoms with Crippen LogP contribution < -0.4 is 5.32 Å². The topological polar surface area (TPSA) is 227 Å². The Balaban J connectivity index is 0. The van der Waals surface area contributed by atoms with Gasteiger partial charge in [-0.3, -0.25) is 9.98 Å². The van der Waals surface area contributed by atoms with Gasteiger partial charge in [-0.05, 0) is 25.9 Å². The zero-order valence-electron chi connectivity index (χ0n) is 15.6. The first kappa shape index (κ1) is 28.8. The quantitative estimate of drug-likeness (QED) is 0.143. The minimum Gasteiger partial charge on any atom is -0.356 e. The standard InChI is InChI=1S/C14H21N7.Cu.2NO3/c1(5-16-7-13-9-18-11-20-13)3-15-4-2-6-17-8-14-10-19-12-21-14;;2*2-1(3)4/h7-12,15H,1-6H2,(H,18,20)(H,19,21);;;/q;+2;2*-1. The first-order chi connectivity index (χ1) is 13.9. The molecule has 0 atom stereocenters. The van der Waals surface area contributed by atoms with Gasteiger partial charge in [-0.25, -0.2) is 9.97 Å². The summed E-state index contributed by atoms with van der Waals surface area (Å²) in [6.07, 6.45) is 12.6. The minimum absolute atomic E-state index is 0. The molecule has 0 fully saturated rings. The van der Waals surface area contributed by atoms with E-state index in [1.54, 1.807) is 25.1 Å². The Hall–Kier alpha value is -3.36. The van der Waals surface area contributed by atoms with Crippen LogP contribution in [-0.4, -0.2) is 68.7 Å². The van der Waals surface area contributed by atoms with Gasteiger partial charge in [0.1, 0.15) is 0 Å². The largest absolute Gasteiger partial charge is 2.00 e. The number of aromatic nitrogens is 4. The smallest absolute Gasteiger partial charge is 0.356 e. The molecule has 0 unspecified atom stereocenters. The van der Waals surface area contributed by atoms with Crippen LogP contribution in [0, 0.1) is 30.6 Å². The van der Waals surface area contributed by atoms with Crippen LogP contribution in [0.5, 0.6) is 0 Å². The average Bonchev–Trinajstić information content (AvgIpc) is 3.32. The van der Waals surface area contributed by atoms with Gasteiger partial charge in [-0.15, -0.1) is 0 Å². The third-order valence-corrected chi connectivity index (χ3v) is 2.77. The summed E-state index contributed by atoms with van der Waals surface area (Å²) in [5, 5.41) is 32.9. The molecule has 30 heavy (non-hydrogen) atoms. The molecule has 169 valence electrons. The van der Waals surface area contributed by atoms with Crippen LogP contribution in [-0.2, 0) is 17.1 Å². The monoisotopic (exact) mass is 474 g/mol. The molecule has 1 radical (unpaired) electrons. The second-order valence-electron chi connectivity index (χ2n) is 4.96. The van der Waals surface area contributed by atoms with Gasteiger partial charge in [0.05, 0.1) is 34.2 Å². The molecule has 0 bridgehead atoms. The van der Waals surface area contributed by atoms with Crippen molar-refractivity contribution >= 4 is 12.4 Å². The number of hydrogen-bond donors (Lipinski definition) is 3. The predicted molar refractivity (Wildman–Crippen MR) is 105 cm³/mol. The zero-order valence-corrected chi connectivity index (χ0v) is 16.6. The molecule has 2 heterocycles. The molecule has 2 aromatic heterocycles. The maximum Gasteiger partial charge on any atom is 2.00 e. The normalized spacial score (nSPS) is 9.87. The Morgan fingerprint density at radius 3 is 1.53 bits per heavy atom. The van der Waals surface area contributed by atoms with E-state index in [9.17, 15) is 0 Å². The average molecular weight is 475 g/mol. The van der Waals surface area contributed by atoms with E-state index in [1.165, 1.54) is 0 Å².